The number of allylic oxidation sites excluding steroid dienone is 4. The fraction of sp³-hybridized carbons (Fsp3) is 0.433. The van der Waals surface area contributed by atoms with Gasteiger partial charge in [-0.05, 0) is 74.6 Å². The summed E-state index contributed by atoms with van der Waals surface area (Å²) in [7, 11) is 0. The number of ether oxygens (including phenoxy) is 1. The molecule has 0 spiro atoms. The molecule has 1 aromatic carbocycles. The first-order valence-electron chi connectivity index (χ1n) is 12.9. The standard InChI is InChI=1S/C25H26F3NO3S.C3H6.C2H6/c1-3-4-15(2)21-12-19(33-23(21)25(26,27)28)14-32-18-6-7-20-16(11-18)5-8-22(20)29-10-9-17(13-29)24(30)31;1-3-2;1-2/h3-4,6-7,11-12,17,22H,1,5,8-10,13-14H2,2H3,(H,30,31);3H,1H2,2H3;1-2H3/b15-4+;;/t17-,22?;;/m0../s1. The third kappa shape index (κ3) is 7.84. The van der Waals surface area contributed by atoms with Gasteiger partial charge in [0, 0.05) is 23.0 Å². The molecule has 1 unspecified atom stereocenters. The predicted octanol–water partition coefficient (Wildman–Crippen LogP) is 8.55. The van der Waals surface area contributed by atoms with Crippen LogP contribution in [0.4, 0.5) is 13.2 Å². The van der Waals surface area contributed by atoms with E-state index in [0.717, 1.165) is 24.9 Å². The topological polar surface area (TPSA) is 49.8 Å². The number of carboxylic acids is 1. The van der Waals surface area contributed by atoms with Crippen molar-refractivity contribution in [2.24, 2.45) is 5.92 Å². The van der Waals surface area contributed by atoms with E-state index >= 15 is 0 Å². The highest BCUT2D eigenvalue weighted by Crippen LogP contribution is 2.42. The van der Waals surface area contributed by atoms with Gasteiger partial charge >= 0.3 is 12.1 Å². The summed E-state index contributed by atoms with van der Waals surface area (Å²) in [5.74, 6) is -0.417. The number of hydrogen-bond donors (Lipinski definition) is 1. The van der Waals surface area contributed by atoms with Gasteiger partial charge in [-0.25, -0.2) is 0 Å². The molecule has 2 aliphatic rings. The van der Waals surface area contributed by atoms with Gasteiger partial charge in [-0.15, -0.1) is 17.9 Å². The summed E-state index contributed by atoms with van der Waals surface area (Å²) in [5.41, 5.74) is 3.02. The van der Waals surface area contributed by atoms with Crippen molar-refractivity contribution in [1.82, 2.24) is 4.90 Å². The molecule has 1 aliphatic heterocycles. The van der Waals surface area contributed by atoms with Crippen molar-refractivity contribution in [3.63, 3.8) is 0 Å². The third-order valence-corrected chi connectivity index (χ3v) is 7.54. The molecular weight excluding hydrogens is 511 g/mol. The molecule has 0 radical (unpaired) electrons. The molecule has 0 amide bonds. The van der Waals surface area contributed by atoms with Crippen LogP contribution in [0, 0.1) is 5.92 Å². The summed E-state index contributed by atoms with van der Waals surface area (Å²) in [5, 5.41) is 9.27. The Balaban J connectivity index is 0.000000947. The maximum absolute atomic E-state index is 13.5. The second-order valence-electron chi connectivity index (χ2n) is 8.97. The van der Waals surface area contributed by atoms with Crippen molar-refractivity contribution < 1.29 is 27.8 Å². The Morgan fingerprint density at radius 2 is 1.92 bits per heavy atom. The number of nitrogens with zero attached hydrogens (tertiary/aromatic N) is 1. The first kappa shape index (κ1) is 31.4. The van der Waals surface area contributed by atoms with Crippen LogP contribution in [0.2, 0.25) is 0 Å². The van der Waals surface area contributed by atoms with Gasteiger partial charge in [0.05, 0.1) is 5.92 Å². The molecule has 208 valence electrons. The molecule has 8 heteroatoms. The number of benzene rings is 1. The van der Waals surface area contributed by atoms with Gasteiger partial charge in [-0.1, -0.05) is 44.7 Å². The Labute approximate surface area is 228 Å². The molecular formula is C30H38F3NO3S. The van der Waals surface area contributed by atoms with Crippen LogP contribution < -0.4 is 4.74 Å². The number of fused-ring (bicyclic) bond motifs is 1. The fourth-order valence-electron chi connectivity index (χ4n) is 4.75. The quantitative estimate of drug-likeness (QED) is 0.278. The number of rotatable bonds is 7. The van der Waals surface area contributed by atoms with E-state index in [1.807, 2.05) is 39.0 Å². The number of aryl methyl sites for hydroxylation is 1. The molecule has 1 fully saturated rings. The lowest BCUT2D eigenvalue weighted by Crippen LogP contribution is -2.26. The summed E-state index contributed by atoms with van der Waals surface area (Å²) < 4.78 is 46.3. The highest BCUT2D eigenvalue weighted by atomic mass is 32.1. The second-order valence-corrected chi connectivity index (χ2v) is 10.1. The van der Waals surface area contributed by atoms with Gasteiger partial charge in [0.1, 0.15) is 17.2 Å². The maximum Gasteiger partial charge on any atom is 0.426 e. The monoisotopic (exact) mass is 549 g/mol. The summed E-state index contributed by atoms with van der Waals surface area (Å²) in [6.45, 7) is 15.9. The van der Waals surface area contributed by atoms with E-state index < -0.39 is 17.0 Å². The van der Waals surface area contributed by atoms with E-state index in [0.29, 0.717) is 40.5 Å². The fourth-order valence-corrected chi connectivity index (χ4v) is 5.75. The normalized spacial score (nSPS) is 19.0. The van der Waals surface area contributed by atoms with Crippen LogP contribution in [0.25, 0.3) is 5.57 Å². The van der Waals surface area contributed by atoms with Gasteiger partial charge < -0.3 is 9.84 Å². The molecule has 0 bridgehead atoms. The van der Waals surface area contributed by atoms with E-state index in [9.17, 15) is 23.1 Å². The third-order valence-electron chi connectivity index (χ3n) is 6.38. The minimum absolute atomic E-state index is 0.0593. The lowest BCUT2D eigenvalue weighted by Gasteiger charge is -2.24. The molecule has 1 N–H and O–H groups in total. The summed E-state index contributed by atoms with van der Waals surface area (Å²) in [4.78, 5) is 13.4. The summed E-state index contributed by atoms with van der Waals surface area (Å²) in [6, 6.07) is 7.58. The van der Waals surface area contributed by atoms with Gasteiger partial charge in [0.25, 0.3) is 0 Å². The van der Waals surface area contributed by atoms with Crippen molar-refractivity contribution >= 4 is 22.9 Å². The number of likely N-dealkylation sites (tertiary alicyclic amines) is 1. The number of halogens is 3. The van der Waals surface area contributed by atoms with Crippen molar-refractivity contribution in [3.8, 4) is 5.75 Å². The zero-order valence-electron chi connectivity index (χ0n) is 22.6. The van der Waals surface area contributed by atoms with Crippen LogP contribution in [0.5, 0.6) is 5.75 Å². The molecule has 38 heavy (non-hydrogen) atoms. The Bertz CT molecular complexity index is 1140. The van der Waals surface area contributed by atoms with Crippen molar-refractivity contribution in [2.45, 2.75) is 65.8 Å². The Hall–Kier alpha value is -2.84. The number of carbonyl (C=O) groups is 1. The number of thiophene rings is 1. The van der Waals surface area contributed by atoms with Crippen LogP contribution in [0.1, 0.15) is 73.0 Å². The smallest absolute Gasteiger partial charge is 0.426 e. The zero-order valence-corrected chi connectivity index (χ0v) is 23.4. The first-order valence-corrected chi connectivity index (χ1v) is 13.7. The molecule has 4 nitrogen and oxygen atoms in total. The molecule has 2 heterocycles. The molecule has 1 aromatic heterocycles. The second kappa shape index (κ2) is 14.4. The molecule has 2 atom stereocenters. The summed E-state index contributed by atoms with van der Waals surface area (Å²) >= 11 is 0.705. The Kier molecular flexibility index (Phi) is 11.9. The molecule has 1 aliphatic carbocycles. The van der Waals surface area contributed by atoms with Crippen molar-refractivity contribution in [3.05, 3.63) is 82.1 Å². The lowest BCUT2D eigenvalue weighted by atomic mass is 10.1. The summed E-state index contributed by atoms with van der Waals surface area (Å²) in [6.07, 6.45) is 2.85. The highest BCUT2D eigenvalue weighted by Gasteiger charge is 2.37. The van der Waals surface area contributed by atoms with Gasteiger partial charge in [-0.2, -0.15) is 13.2 Å². The van der Waals surface area contributed by atoms with Crippen LogP contribution >= 0.6 is 11.3 Å². The van der Waals surface area contributed by atoms with E-state index in [-0.39, 0.29) is 24.1 Å². The van der Waals surface area contributed by atoms with Crippen LogP contribution in [-0.4, -0.2) is 29.1 Å². The number of carboxylic acid groups (broad SMARTS) is 1. The average Bonchev–Trinajstić information content (AvgIpc) is 3.62. The molecule has 0 saturated carbocycles. The average molecular weight is 550 g/mol. The lowest BCUT2D eigenvalue weighted by molar-refractivity contribution is -0.141. The van der Waals surface area contributed by atoms with E-state index in [1.165, 1.54) is 11.6 Å². The van der Waals surface area contributed by atoms with Crippen molar-refractivity contribution in [2.75, 3.05) is 13.1 Å². The van der Waals surface area contributed by atoms with E-state index in [4.69, 9.17) is 4.74 Å². The van der Waals surface area contributed by atoms with E-state index in [2.05, 4.69) is 18.1 Å². The van der Waals surface area contributed by atoms with Crippen LogP contribution in [0.15, 0.2) is 55.7 Å². The first-order chi connectivity index (χ1) is 18.1. The Morgan fingerprint density at radius 1 is 1.24 bits per heavy atom. The minimum Gasteiger partial charge on any atom is -0.488 e. The van der Waals surface area contributed by atoms with Gasteiger partial charge in [0.15, 0.2) is 0 Å². The predicted molar refractivity (Wildman–Crippen MR) is 150 cm³/mol. The number of alkyl halides is 3. The van der Waals surface area contributed by atoms with Crippen LogP contribution in [0.3, 0.4) is 0 Å². The SMILES string of the molecule is C=C/C=C(\C)c1cc(COc2ccc3c(c2)CCC3N2CC[C@H](C(=O)O)C2)sc1C(F)(F)F.C=CC.CC. The van der Waals surface area contributed by atoms with Gasteiger partial charge in [0.2, 0.25) is 0 Å². The van der Waals surface area contributed by atoms with Crippen LogP contribution in [-0.2, 0) is 24.0 Å². The Morgan fingerprint density at radius 3 is 2.50 bits per heavy atom. The molecule has 1 saturated heterocycles. The number of aliphatic carboxylic acids is 1. The minimum atomic E-state index is -4.42. The molecule has 2 aromatic rings. The molecule has 4 rings (SSSR count). The largest absolute Gasteiger partial charge is 0.488 e. The van der Waals surface area contributed by atoms with Gasteiger partial charge in [-0.3, -0.25) is 9.69 Å². The number of hydrogen-bond acceptors (Lipinski definition) is 4. The maximum atomic E-state index is 13.5. The van der Waals surface area contributed by atoms with Crippen molar-refractivity contribution in [1.29, 1.82) is 0 Å². The van der Waals surface area contributed by atoms with E-state index in [1.54, 1.807) is 25.1 Å². The zero-order chi connectivity index (χ0) is 28.5. The highest BCUT2D eigenvalue weighted by molar-refractivity contribution is 7.12.